The highest BCUT2D eigenvalue weighted by atomic mass is 19.4. The Hall–Kier alpha value is -2.02. The number of carbonyl (C=O) groups is 1. The molecule has 0 saturated carbocycles. The maximum absolute atomic E-state index is 10.6. The minimum atomic E-state index is -5.08. The average molecular weight is 356 g/mol. The van der Waals surface area contributed by atoms with Crippen LogP contribution in [-0.2, 0) is 4.79 Å². The number of nitrogen functional groups attached to an aromatic ring is 1. The minimum absolute atomic E-state index is 0.715. The molecule has 0 radical (unpaired) electrons. The Morgan fingerprint density at radius 3 is 2.40 bits per heavy atom. The van der Waals surface area contributed by atoms with Crippen LogP contribution in [0.15, 0.2) is 24.3 Å². The van der Waals surface area contributed by atoms with Crippen LogP contribution in [0.2, 0.25) is 0 Å². The monoisotopic (exact) mass is 356 g/mol. The predicted octanol–water partition coefficient (Wildman–Crippen LogP) is 3.94. The van der Waals surface area contributed by atoms with Crippen molar-refractivity contribution in [2.75, 3.05) is 18.8 Å². The molecule has 7 heteroatoms. The Kier molecular flexibility index (Phi) is 6.47. The Morgan fingerprint density at radius 1 is 1.24 bits per heavy atom. The number of allylic oxidation sites excluding steroid dienone is 2. The highest BCUT2D eigenvalue weighted by molar-refractivity contribution is 5.76. The first-order valence-electron chi connectivity index (χ1n) is 8.38. The highest BCUT2D eigenvalue weighted by Gasteiger charge is 2.38. The van der Waals surface area contributed by atoms with Crippen molar-refractivity contribution in [3.8, 4) is 0 Å². The van der Waals surface area contributed by atoms with E-state index in [9.17, 15) is 13.2 Å². The first-order chi connectivity index (χ1) is 11.8. The van der Waals surface area contributed by atoms with Gasteiger partial charge in [0.2, 0.25) is 0 Å². The lowest BCUT2D eigenvalue weighted by molar-refractivity contribution is -0.192. The molecule has 1 saturated heterocycles. The number of nitrogens with two attached hydrogens (primary N) is 1. The molecule has 0 unspecified atom stereocenters. The second-order valence-electron chi connectivity index (χ2n) is 6.30. The number of hydrogen-bond donors (Lipinski definition) is 3. The van der Waals surface area contributed by atoms with Crippen LogP contribution in [-0.4, -0.2) is 30.3 Å². The Morgan fingerprint density at radius 2 is 1.88 bits per heavy atom. The molecule has 0 atom stereocenters. The van der Waals surface area contributed by atoms with Gasteiger partial charge in [0.05, 0.1) is 0 Å². The fourth-order valence-corrected chi connectivity index (χ4v) is 3.18. The molecular weight excluding hydrogens is 333 g/mol. The van der Waals surface area contributed by atoms with Gasteiger partial charge in [-0.3, -0.25) is 0 Å². The van der Waals surface area contributed by atoms with Crippen molar-refractivity contribution >= 4 is 17.2 Å². The van der Waals surface area contributed by atoms with Crippen molar-refractivity contribution in [1.29, 1.82) is 0 Å². The second-order valence-corrected chi connectivity index (χ2v) is 6.30. The zero-order valence-corrected chi connectivity index (χ0v) is 13.9. The second kappa shape index (κ2) is 8.38. The van der Waals surface area contributed by atoms with Crippen molar-refractivity contribution < 1.29 is 23.1 Å². The zero-order valence-electron chi connectivity index (χ0n) is 13.9. The number of hydrogen-bond acceptors (Lipinski definition) is 3. The lowest BCUT2D eigenvalue weighted by Crippen LogP contribution is -2.26. The first-order valence-corrected chi connectivity index (χ1v) is 8.38. The molecule has 1 aliphatic carbocycles. The summed E-state index contributed by atoms with van der Waals surface area (Å²) in [5, 5.41) is 10.6. The molecule has 138 valence electrons. The van der Waals surface area contributed by atoms with Gasteiger partial charge < -0.3 is 16.2 Å². The van der Waals surface area contributed by atoms with E-state index >= 15 is 0 Å². The van der Waals surface area contributed by atoms with E-state index in [1.807, 2.05) is 0 Å². The van der Waals surface area contributed by atoms with Crippen molar-refractivity contribution in [2.24, 2.45) is 0 Å². The molecule has 0 aromatic heterocycles. The van der Waals surface area contributed by atoms with E-state index in [0.29, 0.717) is 5.92 Å². The van der Waals surface area contributed by atoms with Crippen LogP contribution in [0.3, 0.4) is 0 Å². The van der Waals surface area contributed by atoms with E-state index in [1.165, 1.54) is 48.8 Å². The molecule has 1 aliphatic heterocycles. The van der Waals surface area contributed by atoms with Gasteiger partial charge in [-0.2, -0.15) is 13.2 Å². The summed E-state index contributed by atoms with van der Waals surface area (Å²) < 4.78 is 31.7. The normalized spacial score (nSPS) is 18.3. The Labute approximate surface area is 144 Å². The van der Waals surface area contributed by atoms with E-state index in [4.69, 9.17) is 15.6 Å². The van der Waals surface area contributed by atoms with Gasteiger partial charge in [0.1, 0.15) is 0 Å². The van der Waals surface area contributed by atoms with Gasteiger partial charge in [0, 0.05) is 11.3 Å². The summed E-state index contributed by atoms with van der Waals surface area (Å²) in [4.78, 5) is 8.90. The molecule has 25 heavy (non-hydrogen) atoms. The van der Waals surface area contributed by atoms with Crippen LogP contribution < -0.4 is 11.1 Å². The number of carboxylic acid groups (broad SMARTS) is 1. The van der Waals surface area contributed by atoms with Gasteiger partial charge in [0.15, 0.2) is 0 Å². The van der Waals surface area contributed by atoms with Gasteiger partial charge in [-0.15, -0.1) is 0 Å². The number of alkyl halides is 3. The quantitative estimate of drug-likeness (QED) is 0.702. The fraction of sp³-hybridized carbons (Fsp3) is 0.500. The standard InChI is InChI=1S/C16H22N2.C2HF3O2/c17-16-6-5-14(12-7-9-18-10-8-12)11-15(16)13-3-1-2-4-13;3-2(4,5)1(6)7/h3,5-6,11-12,18H,1-2,4,7-10,17H2;(H,6,7). The minimum Gasteiger partial charge on any atom is -0.475 e. The number of benzene rings is 1. The molecule has 2 aliphatic rings. The first kappa shape index (κ1) is 19.3. The molecule has 1 aromatic carbocycles. The van der Waals surface area contributed by atoms with Crippen molar-refractivity contribution in [1.82, 2.24) is 5.32 Å². The molecular formula is C18H23F3N2O2. The van der Waals surface area contributed by atoms with E-state index in [1.54, 1.807) is 0 Å². The molecule has 0 bridgehead atoms. The predicted molar refractivity (Wildman–Crippen MR) is 91.2 cm³/mol. The van der Waals surface area contributed by atoms with Crippen molar-refractivity contribution in [2.45, 2.75) is 44.2 Å². The zero-order chi connectivity index (χ0) is 18.4. The number of carboxylic acids is 1. The smallest absolute Gasteiger partial charge is 0.475 e. The summed E-state index contributed by atoms with van der Waals surface area (Å²) in [6, 6.07) is 6.68. The number of piperidine rings is 1. The van der Waals surface area contributed by atoms with Crippen LogP contribution in [0.1, 0.15) is 49.1 Å². The van der Waals surface area contributed by atoms with E-state index in [2.05, 4.69) is 29.6 Å². The van der Waals surface area contributed by atoms with Gasteiger partial charge in [-0.1, -0.05) is 12.1 Å². The van der Waals surface area contributed by atoms with Crippen molar-refractivity contribution in [3.05, 3.63) is 35.4 Å². The Balaban J connectivity index is 0.000000277. The van der Waals surface area contributed by atoms with E-state index in [0.717, 1.165) is 18.8 Å². The molecule has 0 amide bonds. The molecule has 1 fully saturated rings. The molecule has 1 aromatic rings. The highest BCUT2D eigenvalue weighted by Crippen LogP contribution is 2.34. The molecule has 4 N–H and O–H groups in total. The SMILES string of the molecule is Nc1ccc(C2CCNCC2)cc1C1=CCCC1.O=C(O)C(F)(F)F. The molecule has 4 nitrogen and oxygen atoms in total. The van der Waals surface area contributed by atoms with Crippen LogP contribution in [0.4, 0.5) is 18.9 Å². The maximum atomic E-state index is 10.6. The molecule has 0 spiro atoms. The fourth-order valence-electron chi connectivity index (χ4n) is 3.18. The van der Waals surface area contributed by atoms with Crippen LogP contribution in [0.25, 0.3) is 5.57 Å². The summed E-state index contributed by atoms with van der Waals surface area (Å²) in [5.41, 5.74) is 11.3. The van der Waals surface area contributed by atoms with E-state index < -0.39 is 12.1 Å². The maximum Gasteiger partial charge on any atom is 0.490 e. The lowest BCUT2D eigenvalue weighted by atomic mass is 9.88. The topological polar surface area (TPSA) is 75.3 Å². The van der Waals surface area contributed by atoms with Crippen LogP contribution in [0.5, 0.6) is 0 Å². The number of nitrogens with one attached hydrogen (secondary N) is 1. The number of halogens is 3. The van der Waals surface area contributed by atoms with E-state index in [-0.39, 0.29) is 0 Å². The summed E-state index contributed by atoms with van der Waals surface area (Å²) in [6.45, 7) is 2.29. The third-order valence-corrected chi connectivity index (χ3v) is 4.52. The van der Waals surface area contributed by atoms with Crippen LogP contribution >= 0.6 is 0 Å². The van der Waals surface area contributed by atoms with Gasteiger partial charge in [0.25, 0.3) is 0 Å². The number of aliphatic carboxylic acids is 1. The lowest BCUT2D eigenvalue weighted by Gasteiger charge is -2.24. The Bertz CT molecular complexity index is 636. The number of anilines is 1. The molecule has 3 rings (SSSR count). The average Bonchev–Trinajstić information content (AvgIpc) is 3.10. The summed E-state index contributed by atoms with van der Waals surface area (Å²) >= 11 is 0. The summed E-state index contributed by atoms with van der Waals surface area (Å²) in [6.07, 6.45) is 3.47. The van der Waals surface area contributed by atoms with Gasteiger partial charge >= 0.3 is 12.1 Å². The largest absolute Gasteiger partial charge is 0.490 e. The van der Waals surface area contributed by atoms with Crippen molar-refractivity contribution in [3.63, 3.8) is 0 Å². The number of rotatable bonds is 2. The summed E-state index contributed by atoms with van der Waals surface area (Å²) in [5.74, 6) is -2.04. The van der Waals surface area contributed by atoms with Gasteiger partial charge in [-0.05, 0) is 74.4 Å². The third kappa shape index (κ3) is 5.49. The molecule has 1 heterocycles. The van der Waals surface area contributed by atoms with Gasteiger partial charge in [-0.25, -0.2) is 4.79 Å². The summed E-state index contributed by atoms with van der Waals surface area (Å²) in [7, 11) is 0. The third-order valence-electron chi connectivity index (χ3n) is 4.52. The van der Waals surface area contributed by atoms with Crippen LogP contribution in [0, 0.1) is 0 Å².